The Labute approximate surface area is 158 Å². The molecule has 1 amide bonds. The number of hydrogen-bond donors (Lipinski definition) is 1. The van der Waals surface area contributed by atoms with Gasteiger partial charge in [-0.15, -0.1) is 0 Å². The summed E-state index contributed by atoms with van der Waals surface area (Å²) in [4.78, 5) is 15.0. The van der Waals surface area contributed by atoms with Crippen molar-refractivity contribution in [2.75, 3.05) is 25.1 Å². The Morgan fingerprint density at radius 1 is 1.26 bits per heavy atom. The molecule has 0 unspecified atom stereocenters. The van der Waals surface area contributed by atoms with Gasteiger partial charge in [-0.3, -0.25) is 4.79 Å². The summed E-state index contributed by atoms with van der Waals surface area (Å²) in [6.45, 7) is 1.67. The third kappa shape index (κ3) is 3.35. The molecule has 140 valence electrons. The zero-order valence-corrected chi connectivity index (χ0v) is 15.7. The Kier molecular flexibility index (Phi) is 4.71. The number of rotatable bonds is 5. The number of benzene rings is 2. The average Bonchev–Trinajstić information content (AvgIpc) is 3.29. The standard InChI is InChI=1S/C21H24N4O2/c1-24-21(27-2)18-11-10-15(13-19(18)23-24)20(26)22-14-17-9-6-12-25(17)16-7-4-3-5-8-16/h3-5,7-8,10-11,13,17H,6,9,12,14H2,1-2H3,(H,22,26)/t17-/m0/s1. The van der Waals surface area contributed by atoms with E-state index in [1.165, 1.54) is 5.69 Å². The van der Waals surface area contributed by atoms with Crippen LogP contribution in [0.5, 0.6) is 5.88 Å². The van der Waals surface area contributed by atoms with Crippen LogP contribution in [0.4, 0.5) is 5.69 Å². The fourth-order valence-corrected chi connectivity index (χ4v) is 3.88. The number of hydrogen-bond acceptors (Lipinski definition) is 4. The van der Waals surface area contributed by atoms with Crippen LogP contribution in [0.15, 0.2) is 48.5 Å². The van der Waals surface area contributed by atoms with Crippen LogP contribution in [0.2, 0.25) is 0 Å². The van der Waals surface area contributed by atoms with E-state index in [1.54, 1.807) is 11.8 Å². The van der Waals surface area contributed by atoms with E-state index in [4.69, 9.17) is 4.74 Å². The molecule has 27 heavy (non-hydrogen) atoms. The molecule has 1 aromatic heterocycles. The number of fused-ring (bicyclic) bond motifs is 1. The second-order valence-electron chi connectivity index (χ2n) is 6.90. The van der Waals surface area contributed by atoms with E-state index in [0.717, 1.165) is 30.3 Å². The van der Waals surface area contributed by atoms with Gasteiger partial charge >= 0.3 is 0 Å². The summed E-state index contributed by atoms with van der Waals surface area (Å²) in [6.07, 6.45) is 2.24. The van der Waals surface area contributed by atoms with Crippen LogP contribution < -0.4 is 15.0 Å². The van der Waals surface area contributed by atoms with Gasteiger partial charge in [0.05, 0.1) is 18.0 Å². The number of aryl methyl sites for hydroxylation is 1. The summed E-state index contributed by atoms with van der Waals surface area (Å²) in [5.41, 5.74) is 2.59. The van der Waals surface area contributed by atoms with Gasteiger partial charge in [0.15, 0.2) is 0 Å². The van der Waals surface area contributed by atoms with Crippen molar-refractivity contribution in [1.29, 1.82) is 0 Å². The van der Waals surface area contributed by atoms with Crippen molar-refractivity contribution in [2.24, 2.45) is 7.05 Å². The van der Waals surface area contributed by atoms with Crippen molar-refractivity contribution in [1.82, 2.24) is 15.1 Å². The molecule has 6 heteroatoms. The first-order chi connectivity index (χ1) is 13.2. The van der Waals surface area contributed by atoms with E-state index >= 15 is 0 Å². The smallest absolute Gasteiger partial charge is 0.251 e. The van der Waals surface area contributed by atoms with Crippen molar-refractivity contribution in [2.45, 2.75) is 18.9 Å². The summed E-state index contributed by atoms with van der Waals surface area (Å²) < 4.78 is 7.04. The Balaban J connectivity index is 1.45. The number of anilines is 1. The maximum atomic E-state index is 12.7. The third-order valence-electron chi connectivity index (χ3n) is 5.20. The summed E-state index contributed by atoms with van der Waals surface area (Å²) >= 11 is 0. The molecule has 0 saturated carbocycles. The van der Waals surface area contributed by atoms with E-state index in [0.29, 0.717) is 24.0 Å². The number of carbonyl (C=O) groups is 1. The fraction of sp³-hybridized carbons (Fsp3) is 0.333. The van der Waals surface area contributed by atoms with Crippen molar-refractivity contribution < 1.29 is 9.53 Å². The Hall–Kier alpha value is -3.02. The molecule has 0 spiro atoms. The Bertz CT molecular complexity index is 951. The van der Waals surface area contributed by atoms with Gasteiger partial charge in [-0.25, -0.2) is 4.68 Å². The first kappa shape index (κ1) is 17.4. The first-order valence-corrected chi connectivity index (χ1v) is 9.28. The molecule has 0 aliphatic carbocycles. The van der Waals surface area contributed by atoms with Gasteiger partial charge in [-0.05, 0) is 43.2 Å². The fourth-order valence-electron chi connectivity index (χ4n) is 3.88. The van der Waals surface area contributed by atoms with Crippen molar-refractivity contribution >= 4 is 22.5 Å². The largest absolute Gasteiger partial charge is 0.481 e. The number of carbonyl (C=O) groups excluding carboxylic acids is 1. The summed E-state index contributed by atoms with van der Waals surface area (Å²) in [6, 6.07) is 16.3. The third-order valence-corrected chi connectivity index (χ3v) is 5.20. The normalized spacial score (nSPS) is 16.7. The van der Waals surface area contributed by atoms with E-state index in [-0.39, 0.29) is 5.91 Å². The minimum absolute atomic E-state index is 0.0681. The molecule has 1 atom stereocenters. The van der Waals surface area contributed by atoms with E-state index in [2.05, 4.69) is 39.6 Å². The molecule has 1 fully saturated rings. The quantitative estimate of drug-likeness (QED) is 0.756. The van der Waals surface area contributed by atoms with Gasteiger partial charge < -0.3 is 15.0 Å². The average molecular weight is 364 g/mol. The van der Waals surface area contributed by atoms with Gasteiger partial charge in [0, 0.05) is 37.4 Å². The van der Waals surface area contributed by atoms with Crippen LogP contribution in [0.1, 0.15) is 23.2 Å². The van der Waals surface area contributed by atoms with Crippen LogP contribution >= 0.6 is 0 Å². The number of ether oxygens (including phenoxy) is 1. The predicted molar refractivity (Wildman–Crippen MR) is 106 cm³/mol. The highest BCUT2D eigenvalue weighted by Gasteiger charge is 2.25. The van der Waals surface area contributed by atoms with E-state index in [9.17, 15) is 4.79 Å². The highest BCUT2D eigenvalue weighted by molar-refractivity contribution is 5.98. The molecule has 4 rings (SSSR count). The summed E-state index contributed by atoms with van der Waals surface area (Å²) in [7, 11) is 3.45. The molecular formula is C21H24N4O2. The molecule has 2 heterocycles. The van der Waals surface area contributed by atoms with E-state index < -0.39 is 0 Å². The number of nitrogens with one attached hydrogen (secondary N) is 1. The van der Waals surface area contributed by atoms with E-state index in [1.807, 2.05) is 31.3 Å². The topological polar surface area (TPSA) is 59.4 Å². The number of aromatic nitrogens is 2. The first-order valence-electron chi connectivity index (χ1n) is 9.28. The number of methoxy groups -OCH3 is 1. The van der Waals surface area contributed by atoms with Gasteiger partial charge in [-0.1, -0.05) is 18.2 Å². The highest BCUT2D eigenvalue weighted by Crippen LogP contribution is 2.26. The van der Waals surface area contributed by atoms with Crippen molar-refractivity contribution in [3.05, 3.63) is 54.1 Å². The molecule has 1 N–H and O–H groups in total. The second-order valence-corrected chi connectivity index (χ2v) is 6.90. The molecule has 3 aromatic rings. The number of para-hydroxylation sites is 1. The number of amides is 1. The zero-order valence-electron chi connectivity index (χ0n) is 15.7. The molecule has 1 aliphatic heterocycles. The molecule has 1 saturated heterocycles. The van der Waals surface area contributed by atoms with Crippen molar-refractivity contribution in [3.63, 3.8) is 0 Å². The van der Waals surface area contributed by atoms with Gasteiger partial charge in [0.25, 0.3) is 5.91 Å². The van der Waals surface area contributed by atoms with Crippen LogP contribution in [0, 0.1) is 0 Å². The number of nitrogens with zero attached hydrogens (tertiary/aromatic N) is 3. The van der Waals surface area contributed by atoms with Crippen LogP contribution in [-0.2, 0) is 7.05 Å². The Morgan fingerprint density at radius 3 is 2.85 bits per heavy atom. The van der Waals surface area contributed by atoms with Crippen LogP contribution in [0.3, 0.4) is 0 Å². The lowest BCUT2D eigenvalue weighted by Crippen LogP contribution is -2.40. The zero-order chi connectivity index (χ0) is 18.8. The molecule has 2 aromatic carbocycles. The lowest BCUT2D eigenvalue weighted by molar-refractivity contribution is 0.0951. The van der Waals surface area contributed by atoms with Gasteiger partial charge in [-0.2, -0.15) is 5.10 Å². The van der Waals surface area contributed by atoms with Gasteiger partial charge in [0.2, 0.25) is 5.88 Å². The molecular weight excluding hydrogens is 340 g/mol. The lowest BCUT2D eigenvalue weighted by atomic mass is 10.1. The van der Waals surface area contributed by atoms with Gasteiger partial charge in [0.1, 0.15) is 0 Å². The SMILES string of the molecule is COc1c2ccc(C(=O)NC[C@@H]3CCCN3c3ccccc3)cc2nn1C. The lowest BCUT2D eigenvalue weighted by Gasteiger charge is -2.27. The minimum atomic E-state index is -0.0681. The maximum Gasteiger partial charge on any atom is 0.251 e. The summed E-state index contributed by atoms with van der Waals surface area (Å²) in [5.74, 6) is 0.628. The van der Waals surface area contributed by atoms with Crippen LogP contribution in [-0.4, -0.2) is 41.9 Å². The molecule has 0 radical (unpaired) electrons. The maximum absolute atomic E-state index is 12.7. The second kappa shape index (κ2) is 7.31. The molecule has 1 aliphatic rings. The molecule has 6 nitrogen and oxygen atoms in total. The summed E-state index contributed by atoms with van der Waals surface area (Å²) in [5, 5.41) is 8.42. The monoisotopic (exact) mass is 364 g/mol. The minimum Gasteiger partial charge on any atom is -0.481 e. The van der Waals surface area contributed by atoms with Crippen molar-refractivity contribution in [3.8, 4) is 5.88 Å². The molecule has 0 bridgehead atoms. The Morgan fingerprint density at radius 2 is 2.07 bits per heavy atom. The highest BCUT2D eigenvalue weighted by atomic mass is 16.5. The predicted octanol–water partition coefficient (Wildman–Crippen LogP) is 2.98. The van der Waals surface area contributed by atoms with Crippen LogP contribution in [0.25, 0.3) is 10.9 Å².